The van der Waals surface area contributed by atoms with Gasteiger partial charge in [0.2, 0.25) is 0 Å². The Bertz CT molecular complexity index is 211. The van der Waals surface area contributed by atoms with Gasteiger partial charge in [-0.2, -0.15) is 0 Å². The molecule has 2 heteroatoms. The minimum atomic E-state index is -0.217. The van der Waals surface area contributed by atoms with Crippen LogP contribution in [0.5, 0.6) is 0 Å². The van der Waals surface area contributed by atoms with Crippen molar-refractivity contribution in [1.82, 2.24) is 0 Å². The van der Waals surface area contributed by atoms with Crippen molar-refractivity contribution >= 4 is 0 Å². The Morgan fingerprint density at radius 3 is 2.12 bits per heavy atom. The van der Waals surface area contributed by atoms with Gasteiger partial charge < -0.3 is 9.47 Å². The first-order valence-electron chi connectivity index (χ1n) is 6.06. The summed E-state index contributed by atoms with van der Waals surface area (Å²) >= 11 is 0. The van der Waals surface area contributed by atoms with Gasteiger partial charge in [-0.05, 0) is 32.8 Å². The summed E-state index contributed by atoms with van der Waals surface area (Å²) < 4.78 is 10.7. The highest BCUT2D eigenvalue weighted by Gasteiger charge is 1.99. The topological polar surface area (TPSA) is 18.5 Å². The molecule has 0 radical (unpaired) electrons. The molecule has 0 heterocycles. The van der Waals surface area contributed by atoms with E-state index in [1.54, 1.807) is 0 Å². The molecule has 0 rings (SSSR count). The van der Waals surface area contributed by atoms with Crippen LogP contribution in [-0.2, 0) is 9.47 Å². The third kappa shape index (κ3) is 9.69. The molecule has 2 nitrogen and oxygen atoms in total. The van der Waals surface area contributed by atoms with Crippen LogP contribution >= 0.6 is 0 Å². The summed E-state index contributed by atoms with van der Waals surface area (Å²) in [7, 11) is 0. The predicted octanol–water partition coefficient (Wildman–Crippen LogP) is 3.85. The molecule has 0 fully saturated rings. The predicted molar refractivity (Wildman–Crippen MR) is 69.4 cm³/mol. The smallest absolute Gasteiger partial charge is 0.177 e. The van der Waals surface area contributed by atoms with E-state index in [0.29, 0.717) is 13.2 Å². The summed E-state index contributed by atoms with van der Waals surface area (Å²) in [6.07, 6.45) is 14.2. The summed E-state index contributed by atoms with van der Waals surface area (Å²) in [5, 5.41) is 0. The first-order chi connectivity index (χ1) is 7.85. The van der Waals surface area contributed by atoms with Gasteiger partial charge in [-0.1, -0.05) is 37.3 Å². The minimum Gasteiger partial charge on any atom is -0.349 e. The molecule has 0 aliphatic carbocycles. The molecule has 16 heavy (non-hydrogen) atoms. The molecule has 0 atom stereocenters. The summed E-state index contributed by atoms with van der Waals surface area (Å²) in [5.41, 5.74) is 0. The Morgan fingerprint density at radius 1 is 0.875 bits per heavy atom. The normalized spacial score (nSPS) is 12.8. The fourth-order valence-electron chi connectivity index (χ4n) is 1.14. The molecular formula is C14H24O2. The second-order valence-electron chi connectivity index (χ2n) is 3.21. The van der Waals surface area contributed by atoms with Gasteiger partial charge in [-0.25, -0.2) is 0 Å². The molecule has 0 saturated heterocycles. The van der Waals surface area contributed by atoms with Crippen molar-refractivity contribution < 1.29 is 9.47 Å². The molecular weight excluding hydrogens is 200 g/mol. The molecule has 92 valence electrons. The van der Waals surface area contributed by atoms with Gasteiger partial charge in [0.15, 0.2) is 6.29 Å². The number of hydrogen-bond acceptors (Lipinski definition) is 2. The van der Waals surface area contributed by atoms with E-state index in [1.807, 2.05) is 32.1 Å². The van der Waals surface area contributed by atoms with Crippen LogP contribution in [0.3, 0.4) is 0 Å². The highest BCUT2D eigenvalue weighted by atomic mass is 16.7. The molecule has 0 amide bonds. The Kier molecular flexibility index (Phi) is 11.6. The van der Waals surface area contributed by atoms with Crippen LogP contribution in [0.1, 0.15) is 33.6 Å². The molecule has 0 N–H and O–H groups in total. The molecule has 0 bridgehead atoms. The Labute approximate surface area is 99.6 Å². The van der Waals surface area contributed by atoms with Crippen molar-refractivity contribution in [1.29, 1.82) is 0 Å². The average Bonchev–Trinajstić information content (AvgIpc) is 2.28. The Balaban J connectivity index is 3.80. The maximum atomic E-state index is 5.37. The average molecular weight is 224 g/mol. The van der Waals surface area contributed by atoms with E-state index >= 15 is 0 Å². The van der Waals surface area contributed by atoms with E-state index in [4.69, 9.17) is 9.47 Å². The van der Waals surface area contributed by atoms with Gasteiger partial charge in [-0.3, -0.25) is 0 Å². The largest absolute Gasteiger partial charge is 0.349 e. The van der Waals surface area contributed by atoms with Crippen molar-refractivity contribution in [2.75, 3.05) is 13.2 Å². The van der Waals surface area contributed by atoms with E-state index in [0.717, 1.165) is 12.8 Å². The van der Waals surface area contributed by atoms with Gasteiger partial charge in [0, 0.05) is 13.2 Å². The zero-order valence-electron chi connectivity index (χ0n) is 10.7. The zero-order valence-corrected chi connectivity index (χ0v) is 10.7. The van der Waals surface area contributed by atoms with Gasteiger partial charge in [0.05, 0.1) is 0 Å². The number of rotatable bonds is 9. The van der Waals surface area contributed by atoms with Crippen LogP contribution < -0.4 is 0 Å². The minimum absolute atomic E-state index is 0.217. The van der Waals surface area contributed by atoms with Gasteiger partial charge in [-0.15, -0.1) is 0 Å². The third-order valence-corrected chi connectivity index (χ3v) is 1.85. The van der Waals surface area contributed by atoms with E-state index in [1.165, 1.54) is 0 Å². The second-order valence-corrected chi connectivity index (χ2v) is 3.21. The van der Waals surface area contributed by atoms with Crippen molar-refractivity contribution in [3.05, 3.63) is 36.5 Å². The first-order valence-corrected chi connectivity index (χ1v) is 6.06. The summed E-state index contributed by atoms with van der Waals surface area (Å²) in [4.78, 5) is 0. The van der Waals surface area contributed by atoms with Crippen molar-refractivity contribution in [3.8, 4) is 0 Å². The SMILES string of the molecule is CC/C=C/C/C=C/C=C/C(OCC)OCC. The van der Waals surface area contributed by atoms with Gasteiger partial charge in [0.25, 0.3) is 0 Å². The summed E-state index contributed by atoms with van der Waals surface area (Å²) in [5.74, 6) is 0. The Hall–Kier alpha value is -0.860. The second kappa shape index (κ2) is 12.2. The summed E-state index contributed by atoms with van der Waals surface area (Å²) in [6, 6.07) is 0. The molecule has 0 aliphatic heterocycles. The van der Waals surface area contributed by atoms with Crippen molar-refractivity contribution in [3.63, 3.8) is 0 Å². The van der Waals surface area contributed by atoms with Crippen molar-refractivity contribution in [2.45, 2.75) is 39.9 Å². The highest BCUT2D eigenvalue weighted by Crippen LogP contribution is 1.98. The highest BCUT2D eigenvalue weighted by molar-refractivity contribution is 5.05. The summed E-state index contributed by atoms with van der Waals surface area (Å²) in [6.45, 7) is 7.39. The lowest BCUT2D eigenvalue weighted by Crippen LogP contribution is -2.13. The lowest BCUT2D eigenvalue weighted by atomic mass is 10.3. The monoisotopic (exact) mass is 224 g/mol. The Morgan fingerprint density at radius 2 is 1.56 bits per heavy atom. The van der Waals surface area contributed by atoms with Crippen LogP contribution in [0.25, 0.3) is 0 Å². The molecule has 0 aromatic heterocycles. The fourth-order valence-corrected chi connectivity index (χ4v) is 1.14. The van der Waals surface area contributed by atoms with Crippen LogP contribution in [0, 0.1) is 0 Å². The number of hydrogen-bond donors (Lipinski definition) is 0. The maximum absolute atomic E-state index is 5.37. The standard InChI is InChI=1S/C14H24O2/c1-4-7-8-9-10-11-12-13-14(15-5-2)16-6-3/h7-8,10-14H,4-6,9H2,1-3H3/b8-7+,11-10+,13-12+. The van der Waals surface area contributed by atoms with E-state index in [9.17, 15) is 0 Å². The third-order valence-electron chi connectivity index (χ3n) is 1.85. The molecule has 0 spiro atoms. The fraction of sp³-hybridized carbons (Fsp3) is 0.571. The van der Waals surface area contributed by atoms with Crippen molar-refractivity contribution in [2.24, 2.45) is 0 Å². The number of ether oxygens (including phenoxy) is 2. The van der Waals surface area contributed by atoms with Crippen LogP contribution in [0.4, 0.5) is 0 Å². The van der Waals surface area contributed by atoms with Crippen LogP contribution in [0.15, 0.2) is 36.5 Å². The zero-order chi connectivity index (χ0) is 12.1. The van der Waals surface area contributed by atoms with Gasteiger partial charge in [0.1, 0.15) is 0 Å². The number of allylic oxidation sites excluding steroid dienone is 5. The van der Waals surface area contributed by atoms with Crippen LogP contribution in [-0.4, -0.2) is 19.5 Å². The maximum Gasteiger partial charge on any atom is 0.177 e. The molecule has 0 aliphatic rings. The quantitative estimate of drug-likeness (QED) is 0.336. The lowest BCUT2D eigenvalue weighted by Gasteiger charge is -2.11. The molecule has 0 aromatic carbocycles. The van der Waals surface area contributed by atoms with E-state index < -0.39 is 0 Å². The molecule has 0 saturated carbocycles. The molecule has 0 aromatic rings. The first kappa shape index (κ1) is 15.1. The van der Waals surface area contributed by atoms with Crippen LogP contribution in [0.2, 0.25) is 0 Å². The lowest BCUT2D eigenvalue weighted by molar-refractivity contribution is -0.103. The van der Waals surface area contributed by atoms with Gasteiger partial charge >= 0.3 is 0 Å². The molecule has 0 unspecified atom stereocenters. The van der Waals surface area contributed by atoms with E-state index in [-0.39, 0.29) is 6.29 Å². The van der Waals surface area contributed by atoms with E-state index in [2.05, 4.69) is 25.2 Å².